The largest absolute Gasteiger partial charge is 0.342 e. The van der Waals surface area contributed by atoms with Crippen molar-refractivity contribution in [3.63, 3.8) is 0 Å². The Morgan fingerprint density at radius 1 is 1.17 bits per heavy atom. The van der Waals surface area contributed by atoms with Gasteiger partial charge in [-0.25, -0.2) is 0 Å². The lowest BCUT2D eigenvalue weighted by Gasteiger charge is -2.24. The van der Waals surface area contributed by atoms with Crippen LogP contribution in [-0.4, -0.2) is 23.2 Å². The highest BCUT2D eigenvalue weighted by Gasteiger charge is 2.48. The molecule has 3 aliphatic rings. The third-order valence-corrected chi connectivity index (χ3v) is 6.32. The first-order valence-corrected chi connectivity index (χ1v) is 10.9. The molecule has 0 radical (unpaired) electrons. The lowest BCUT2D eigenvalue weighted by Crippen LogP contribution is -2.29. The molecule has 1 saturated heterocycles. The Balaban J connectivity index is 1.18. The number of carbonyl (C=O) groups is 1. The van der Waals surface area contributed by atoms with Gasteiger partial charge in [0, 0.05) is 24.9 Å². The summed E-state index contributed by atoms with van der Waals surface area (Å²) < 4.78 is 8.26. The summed E-state index contributed by atoms with van der Waals surface area (Å²) in [6, 6.07) is 12.8. The third-order valence-electron chi connectivity index (χ3n) is 6.32. The van der Waals surface area contributed by atoms with Gasteiger partial charge in [0.1, 0.15) is 6.10 Å². The molecule has 3 atom stereocenters. The molecule has 5 heteroatoms. The van der Waals surface area contributed by atoms with Crippen LogP contribution in [0.4, 0.5) is 5.69 Å². The molecular formula is C24H29N3O2. The van der Waals surface area contributed by atoms with E-state index in [1.165, 1.54) is 23.5 Å². The summed E-state index contributed by atoms with van der Waals surface area (Å²) in [4.78, 5) is 14.7. The number of epoxide rings is 1. The van der Waals surface area contributed by atoms with Gasteiger partial charge in [-0.2, -0.15) is 0 Å². The zero-order valence-corrected chi connectivity index (χ0v) is 17.0. The first-order chi connectivity index (χ1) is 14.2. The average Bonchev–Trinajstić information content (AvgIpc) is 3.38. The molecule has 5 nitrogen and oxygen atoms in total. The number of para-hydroxylation sites is 2. The highest BCUT2D eigenvalue weighted by Crippen LogP contribution is 2.48. The number of hydrogen-bond acceptors (Lipinski definition) is 3. The highest BCUT2D eigenvalue weighted by atomic mass is 16.6. The summed E-state index contributed by atoms with van der Waals surface area (Å²) in [6.45, 7) is 3.16. The molecule has 1 aromatic carbocycles. The molecule has 5 rings (SSSR count). The summed E-state index contributed by atoms with van der Waals surface area (Å²) in [5, 5.41) is 3.11. The number of rotatable bonds is 6. The number of nitrogens with zero attached hydrogens (tertiary/aromatic N) is 2. The van der Waals surface area contributed by atoms with Crippen molar-refractivity contribution in [2.45, 2.75) is 57.8 Å². The van der Waals surface area contributed by atoms with Crippen LogP contribution < -0.4 is 10.2 Å². The number of fused-ring (bicyclic) bond motifs is 5. The number of carbonyl (C=O) groups excluding carboxylic acids is 1. The molecule has 2 aliphatic heterocycles. The van der Waals surface area contributed by atoms with E-state index in [9.17, 15) is 4.79 Å². The molecule has 152 valence electrons. The fourth-order valence-electron chi connectivity index (χ4n) is 4.59. The van der Waals surface area contributed by atoms with Gasteiger partial charge >= 0.3 is 0 Å². The van der Waals surface area contributed by atoms with Gasteiger partial charge < -0.3 is 19.5 Å². The summed E-state index contributed by atoms with van der Waals surface area (Å²) >= 11 is 0. The van der Waals surface area contributed by atoms with E-state index in [1.54, 1.807) is 0 Å². The molecule has 1 amide bonds. The SMILES string of the molecule is CC1CC=C(NC(=O)CCCCN2c3ccccc3-n3cccc3[C@@H]3OC32)CC1. The van der Waals surface area contributed by atoms with Gasteiger partial charge in [-0.05, 0) is 62.3 Å². The number of nitrogens with one attached hydrogen (secondary N) is 1. The van der Waals surface area contributed by atoms with Crippen molar-refractivity contribution in [1.29, 1.82) is 0 Å². The summed E-state index contributed by atoms with van der Waals surface area (Å²) in [5.74, 6) is 0.890. The lowest BCUT2D eigenvalue weighted by molar-refractivity contribution is -0.120. The number of ether oxygens (including phenoxy) is 1. The Morgan fingerprint density at radius 3 is 2.86 bits per heavy atom. The Kier molecular flexibility index (Phi) is 4.92. The number of allylic oxidation sites excluding steroid dienone is 2. The molecule has 1 aromatic heterocycles. The van der Waals surface area contributed by atoms with Crippen molar-refractivity contribution in [3.05, 3.63) is 60.1 Å². The predicted molar refractivity (Wildman–Crippen MR) is 114 cm³/mol. The molecule has 2 aromatic rings. The van der Waals surface area contributed by atoms with Gasteiger partial charge in [-0.15, -0.1) is 0 Å². The zero-order chi connectivity index (χ0) is 19.8. The zero-order valence-electron chi connectivity index (χ0n) is 17.0. The van der Waals surface area contributed by atoms with Gasteiger partial charge in [0.15, 0.2) is 6.23 Å². The average molecular weight is 392 g/mol. The van der Waals surface area contributed by atoms with Crippen LogP contribution in [0.5, 0.6) is 0 Å². The van der Waals surface area contributed by atoms with E-state index in [2.05, 4.69) is 70.4 Å². The van der Waals surface area contributed by atoms with Crippen LogP contribution in [0.25, 0.3) is 5.69 Å². The quantitative estimate of drug-likeness (QED) is 0.574. The Morgan fingerprint density at radius 2 is 2.03 bits per heavy atom. The molecule has 1 fully saturated rings. The summed E-state index contributed by atoms with van der Waals surface area (Å²) in [5.41, 5.74) is 4.76. The Labute approximate surface area is 172 Å². The van der Waals surface area contributed by atoms with Crippen LogP contribution in [-0.2, 0) is 9.53 Å². The van der Waals surface area contributed by atoms with E-state index in [4.69, 9.17) is 4.74 Å². The van der Waals surface area contributed by atoms with Crippen molar-refractivity contribution in [3.8, 4) is 5.69 Å². The van der Waals surface area contributed by atoms with E-state index in [-0.39, 0.29) is 18.2 Å². The van der Waals surface area contributed by atoms with Gasteiger partial charge in [0.05, 0.1) is 17.1 Å². The molecule has 1 N–H and O–H groups in total. The maximum atomic E-state index is 12.3. The van der Waals surface area contributed by atoms with Crippen molar-refractivity contribution in [1.82, 2.24) is 9.88 Å². The minimum absolute atomic E-state index is 0.107. The topological polar surface area (TPSA) is 49.8 Å². The monoisotopic (exact) mass is 391 g/mol. The van der Waals surface area contributed by atoms with Crippen molar-refractivity contribution in [2.24, 2.45) is 5.92 Å². The molecule has 0 bridgehead atoms. The number of anilines is 1. The normalized spacial score (nSPS) is 24.7. The number of unbranched alkanes of at least 4 members (excludes halogenated alkanes) is 1. The first kappa shape index (κ1) is 18.5. The van der Waals surface area contributed by atoms with Gasteiger partial charge in [0.25, 0.3) is 0 Å². The van der Waals surface area contributed by atoms with Gasteiger partial charge in [-0.1, -0.05) is 25.1 Å². The van der Waals surface area contributed by atoms with Crippen LogP contribution in [0, 0.1) is 5.92 Å². The highest BCUT2D eigenvalue weighted by molar-refractivity contribution is 5.77. The molecular weight excluding hydrogens is 362 g/mol. The van der Waals surface area contributed by atoms with E-state index in [1.807, 2.05) is 0 Å². The Bertz CT molecular complexity index is 932. The van der Waals surface area contributed by atoms with Gasteiger partial charge in [-0.3, -0.25) is 4.79 Å². The molecule has 29 heavy (non-hydrogen) atoms. The second-order valence-corrected chi connectivity index (χ2v) is 8.55. The van der Waals surface area contributed by atoms with E-state index in [0.29, 0.717) is 6.42 Å². The summed E-state index contributed by atoms with van der Waals surface area (Å²) in [7, 11) is 0. The second kappa shape index (κ2) is 7.71. The lowest BCUT2D eigenvalue weighted by atomic mass is 9.94. The fourth-order valence-corrected chi connectivity index (χ4v) is 4.59. The minimum Gasteiger partial charge on any atom is -0.342 e. The smallest absolute Gasteiger partial charge is 0.224 e. The molecule has 3 heterocycles. The van der Waals surface area contributed by atoms with E-state index >= 15 is 0 Å². The van der Waals surface area contributed by atoms with Crippen LogP contribution >= 0.6 is 0 Å². The molecule has 0 saturated carbocycles. The minimum atomic E-state index is 0.107. The van der Waals surface area contributed by atoms with Crippen molar-refractivity contribution < 1.29 is 9.53 Å². The third kappa shape index (κ3) is 3.71. The molecule has 1 aliphatic carbocycles. The van der Waals surface area contributed by atoms with Gasteiger partial charge in [0.2, 0.25) is 5.91 Å². The van der Waals surface area contributed by atoms with Crippen molar-refractivity contribution >= 4 is 11.6 Å². The van der Waals surface area contributed by atoms with Crippen LogP contribution in [0.15, 0.2) is 54.4 Å². The predicted octanol–water partition coefficient (Wildman–Crippen LogP) is 4.69. The Hall–Kier alpha value is -2.53. The fraction of sp³-hybridized carbons (Fsp3) is 0.458. The molecule has 2 unspecified atom stereocenters. The van der Waals surface area contributed by atoms with Crippen molar-refractivity contribution in [2.75, 3.05) is 11.4 Å². The van der Waals surface area contributed by atoms with Crippen LogP contribution in [0.2, 0.25) is 0 Å². The number of benzene rings is 1. The standard InChI is InChI=1S/C24H29N3O2/c1-17-11-13-18(14-12-17)25-22(28)10-4-5-15-27-20-8-3-2-7-19(20)26-16-6-9-21(26)23-24(27)29-23/h2-3,6-9,13,16-17,23-24H,4-5,10-12,14-15H2,1H3,(H,25,28)/t17?,23-,24?/m0/s1. The maximum absolute atomic E-state index is 12.3. The summed E-state index contributed by atoms with van der Waals surface area (Å²) in [6.07, 6.45) is 10.2. The van der Waals surface area contributed by atoms with E-state index in [0.717, 1.165) is 43.8 Å². The van der Waals surface area contributed by atoms with Crippen LogP contribution in [0.3, 0.4) is 0 Å². The molecule has 0 spiro atoms. The second-order valence-electron chi connectivity index (χ2n) is 8.55. The van der Waals surface area contributed by atoms with Crippen LogP contribution in [0.1, 0.15) is 57.2 Å². The van der Waals surface area contributed by atoms with E-state index < -0.39 is 0 Å². The maximum Gasteiger partial charge on any atom is 0.224 e. The number of aromatic nitrogens is 1. The number of hydrogen-bond donors (Lipinski definition) is 1. The first-order valence-electron chi connectivity index (χ1n) is 10.9. The number of amides is 1.